The van der Waals surface area contributed by atoms with Gasteiger partial charge in [-0.2, -0.15) is 0 Å². The first-order chi connectivity index (χ1) is 17.6. The monoisotopic (exact) mass is 494 g/mol. The summed E-state index contributed by atoms with van der Waals surface area (Å²) in [6.07, 6.45) is 0. The molecule has 5 aromatic rings. The summed E-state index contributed by atoms with van der Waals surface area (Å²) in [4.78, 5) is 19.8. The Bertz CT molecular complexity index is 1550. The Hall–Kier alpha value is -4.23. The van der Waals surface area contributed by atoms with E-state index in [2.05, 4.69) is 46.5 Å². The van der Waals surface area contributed by atoms with Gasteiger partial charge >= 0.3 is 0 Å². The molecule has 180 valence electrons. The normalized spacial score (nSPS) is 10.9. The number of fused-ring (bicyclic) bond motifs is 2. The van der Waals surface area contributed by atoms with Crippen LogP contribution in [0, 0.1) is 0 Å². The molecule has 0 aliphatic rings. The number of amides is 1. The molecule has 4 aromatic carbocycles. The number of hydrogen-bond donors (Lipinski definition) is 2. The largest absolute Gasteiger partial charge is 0.436 e. The number of carbonyl (C=O) groups is 1. The minimum absolute atomic E-state index is 0.211. The number of carbonyl (C=O) groups excluding carboxylic acids is 1. The molecule has 7 heteroatoms. The Labute approximate surface area is 214 Å². The summed E-state index contributed by atoms with van der Waals surface area (Å²) in [5.41, 5.74) is 4.74. The van der Waals surface area contributed by atoms with Crippen LogP contribution in [0.15, 0.2) is 89.3 Å². The third-order valence-electron chi connectivity index (χ3n) is 6.15. The van der Waals surface area contributed by atoms with E-state index in [1.165, 1.54) is 5.69 Å². The van der Waals surface area contributed by atoms with Crippen molar-refractivity contribution in [2.45, 2.75) is 13.8 Å². The standard InChI is InChI=1S/C29H26N4O2S/c1-3-33(4-2)22-15-12-20(13-16-22)28-31-25-18-21(14-17-26(25)35-28)30-29(36)32-27(34)24-11-7-9-19-8-5-6-10-23(19)24/h5-18H,3-4H2,1-2H3,(H2,30,32,34,36). The second-order valence-corrected chi connectivity index (χ2v) is 8.76. The zero-order chi connectivity index (χ0) is 25.1. The summed E-state index contributed by atoms with van der Waals surface area (Å²) in [6, 6.07) is 27.1. The number of rotatable bonds is 6. The minimum atomic E-state index is -0.262. The molecule has 0 atom stereocenters. The Morgan fingerprint density at radius 1 is 0.944 bits per heavy atom. The van der Waals surface area contributed by atoms with Crippen LogP contribution < -0.4 is 15.5 Å². The van der Waals surface area contributed by atoms with Crippen molar-refractivity contribution in [3.05, 3.63) is 90.5 Å². The summed E-state index contributed by atoms with van der Waals surface area (Å²) in [5.74, 6) is 0.294. The van der Waals surface area contributed by atoms with Crippen molar-refractivity contribution in [3.63, 3.8) is 0 Å². The fourth-order valence-corrected chi connectivity index (χ4v) is 4.50. The van der Waals surface area contributed by atoms with Crippen LogP contribution in [0.5, 0.6) is 0 Å². The van der Waals surface area contributed by atoms with Crippen LogP contribution >= 0.6 is 12.2 Å². The van der Waals surface area contributed by atoms with E-state index in [9.17, 15) is 4.79 Å². The summed E-state index contributed by atoms with van der Waals surface area (Å²) in [6.45, 7) is 6.20. The van der Waals surface area contributed by atoms with Crippen molar-refractivity contribution in [2.75, 3.05) is 23.3 Å². The predicted octanol–water partition coefficient (Wildman–Crippen LogP) is 6.62. The van der Waals surface area contributed by atoms with Gasteiger partial charge in [0.2, 0.25) is 5.89 Å². The number of anilines is 2. The van der Waals surface area contributed by atoms with E-state index < -0.39 is 0 Å². The van der Waals surface area contributed by atoms with Gasteiger partial charge in [0, 0.05) is 35.6 Å². The fourth-order valence-electron chi connectivity index (χ4n) is 4.29. The average Bonchev–Trinajstić information content (AvgIpc) is 3.33. The molecule has 0 bridgehead atoms. The highest BCUT2D eigenvalue weighted by Crippen LogP contribution is 2.28. The van der Waals surface area contributed by atoms with Gasteiger partial charge in [0.05, 0.1) is 0 Å². The zero-order valence-corrected chi connectivity index (χ0v) is 20.9. The molecule has 0 fully saturated rings. The molecule has 1 amide bonds. The maximum Gasteiger partial charge on any atom is 0.258 e. The second-order valence-electron chi connectivity index (χ2n) is 8.36. The fraction of sp³-hybridized carbons (Fsp3) is 0.138. The molecule has 1 heterocycles. The van der Waals surface area contributed by atoms with Gasteiger partial charge in [-0.15, -0.1) is 0 Å². The predicted molar refractivity (Wildman–Crippen MR) is 151 cm³/mol. The number of nitrogens with one attached hydrogen (secondary N) is 2. The lowest BCUT2D eigenvalue weighted by atomic mass is 10.0. The average molecular weight is 495 g/mol. The van der Waals surface area contributed by atoms with Crippen LogP contribution in [0.4, 0.5) is 11.4 Å². The minimum Gasteiger partial charge on any atom is -0.436 e. The summed E-state index contributed by atoms with van der Waals surface area (Å²) < 4.78 is 5.98. The van der Waals surface area contributed by atoms with Crippen LogP contribution in [0.2, 0.25) is 0 Å². The van der Waals surface area contributed by atoms with Crippen molar-refractivity contribution in [2.24, 2.45) is 0 Å². The molecule has 2 N–H and O–H groups in total. The van der Waals surface area contributed by atoms with Crippen molar-refractivity contribution < 1.29 is 9.21 Å². The Morgan fingerprint density at radius 2 is 1.69 bits per heavy atom. The van der Waals surface area contributed by atoms with E-state index in [-0.39, 0.29) is 11.0 Å². The Morgan fingerprint density at radius 3 is 2.47 bits per heavy atom. The quantitative estimate of drug-likeness (QED) is 0.259. The van der Waals surface area contributed by atoms with E-state index in [4.69, 9.17) is 16.6 Å². The molecule has 36 heavy (non-hydrogen) atoms. The van der Waals surface area contributed by atoms with Crippen molar-refractivity contribution in [3.8, 4) is 11.5 Å². The molecule has 0 aliphatic carbocycles. The first kappa shape index (κ1) is 23.5. The Kier molecular flexibility index (Phi) is 6.64. The molecular weight excluding hydrogens is 468 g/mol. The van der Waals surface area contributed by atoms with E-state index in [1.54, 1.807) is 6.07 Å². The topological polar surface area (TPSA) is 70.4 Å². The van der Waals surface area contributed by atoms with Crippen LogP contribution in [0.3, 0.4) is 0 Å². The SMILES string of the molecule is CCN(CC)c1ccc(-c2nc3cc(NC(=S)NC(=O)c4cccc5ccccc45)ccc3o2)cc1. The molecule has 5 rings (SSSR count). The van der Waals surface area contributed by atoms with Gasteiger partial charge in [0.25, 0.3) is 5.91 Å². The van der Waals surface area contributed by atoms with Crippen molar-refractivity contribution in [1.29, 1.82) is 0 Å². The summed E-state index contributed by atoms with van der Waals surface area (Å²) in [5, 5.41) is 7.94. The molecule has 0 saturated carbocycles. The van der Waals surface area contributed by atoms with Gasteiger partial charge in [-0.25, -0.2) is 4.98 Å². The third kappa shape index (κ3) is 4.78. The molecule has 0 aliphatic heterocycles. The van der Waals surface area contributed by atoms with Gasteiger partial charge in [-0.1, -0.05) is 36.4 Å². The maximum atomic E-state index is 12.9. The molecule has 0 spiro atoms. The first-order valence-corrected chi connectivity index (χ1v) is 12.3. The van der Waals surface area contributed by atoms with Crippen LogP contribution in [0.1, 0.15) is 24.2 Å². The van der Waals surface area contributed by atoms with Gasteiger partial charge < -0.3 is 14.6 Å². The molecule has 0 radical (unpaired) electrons. The van der Waals surface area contributed by atoms with E-state index in [0.29, 0.717) is 28.2 Å². The summed E-state index contributed by atoms with van der Waals surface area (Å²) in [7, 11) is 0. The number of hydrogen-bond acceptors (Lipinski definition) is 5. The number of benzene rings is 4. The van der Waals surface area contributed by atoms with E-state index in [1.807, 2.05) is 66.7 Å². The lowest BCUT2D eigenvalue weighted by molar-refractivity contribution is 0.0979. The Balaban J connectivity index is 1.30. The molecule has 0 saturated heterocycles. The maximum absolute atomic E-state index is 12.9. The van der Waals surface area contributed by atoms with Gasteiger partial charge in [-0.3, -0.25) is 10.1 Å². The van der Waals surface area contributed by atoms with Gasteiger partial charge in [0.15, 0.2) is 10.7 Å². The van der Waals surface area contributed by atoms with Gasteiger partial charge in [0.1, 0.15) is 5.52 Å². The zero-order valence-electron chi connectivity index (χ0n) is 20.1. The first-order valence-electron chi connectivity index (χ1n) is 11.9. The smallest absolute Gasteiger partial charge is 0.258 e. The van der Waals surface area contributed by atoms with Gasteiger partial charge in [-0.05, 0) is 85.4 Å². The summed E-state index contributed by atoms with van der Waals surface area (Å²) >= 11 is 5.40. The van der Waals surface area contributed by atoms with Crippen molar-refractivity contribution >= 4 is 56.5 Å². The second kappa shape index (κ2) is 10.2. The molecule has 0 unspecified atom stereocenters. The highest BCUT2D eigenvalue weighted by molar-refractivity contribution is 7.80. The third-order valence-corrected chi connectivity index (χ3v) is 6.35. The molecule has 1 aromatic heterocycles. The number of nitrogens with zero attached hydrogens (tertiary/aromatic N) is 2. The number of aromatic nitrogens is 1. The van der Waals surface area contributed by atoms with Crippen LogP contribution in [0.25, 0.3) is 33.3 Å². The highest BCUT2D eigenvalue weighted by Gasteiger charge is 2.13. The lowest BCUT2D eigenvalue weighted by Gasteiger charge is -2.20. The lowest BCUT2D eigenvalue weighted by Crippen LogP contribution is -2.34. The van der Waals surface area contributed by atoms with Crippen LogP contribution in [-0.4, -0.2) is 29.1 Å². The number of thiocarbonyl (C=S) groups is 1. The highest BCUT2D eigenvalue weighted by atomic mass is 32.1. The molecule has 6 nitrogen and oxygen atoms in total. The van der Waals surface area contributed by atoms with E-state index >= 15 is 0 Å². The molecular formula is C29H26N4O2S. The van der Waals surface area contributed by atoms with E-state index in [0.717, 1.165) is 29.4 Å². The van der Waals surface area contributed by atoms with Crippen LogP contribution in [-0.2, 0) is 0 Å². The number of oxazole rings is 1. The van der Waals surface area contributed by atoms with Crippen molar-refractivity contribution in [1.82, 2.24) is 10.3 Å².